The Labute approximate surface area is 301 Å². The Hall–Kier alpha value is -0.610. The molecule has 288 valence electrons. The predicted octanol–water partition coefficient (Wildman–Crippen LogP) is 14.1. The molecule has 0 fully saturated rings. The third-order valence-electron chi connectivity index (χ3n) is 10.5. The van der Waals surface area contributed by atoms with E-state index in [2.05, 4.69) is 13.8 Å². The summed E-state index contributed by atoms with van der Waals surface area (Å²) in [6.45, 7) is 6.26. The molecule has 0 aromatic carbocycles. The molecule has 48 heavy (non-hydrogen) atoms. The largest absolute Gasteiger partial charge is 0.460 e. The first-order chi connectivity index (χ1) is 23.5. The molecule has 0 aromatic rings. The number of ether oxygens (including phenoxy) is 1. The maximum atomic E-state index is 12.3. The monoisotopic (exact) mass is 681 g/mol. The Morgan fingerprint density at radius 1 is 0.417 bits per heavy atom. The summed E-state index contributed by atoms with van der Waals surface area (Å²) < 4.78 is 5.45. The fraction of sp³-hybridized carbons (Fsp3) is 0.977. The summed E-state index contributed by atoms with van der Waals surface area (Å²) in [4.78, 5) is 12.3. The molecule has 0 amide bonds. The lowest BCUT2D eigenvalue weighted by molar-refractivity contribution is -0.158. The molecule has 0 aliphatic carbocycles. The number of hydrogen-bond donors (Lipinski definition) is 2. The summed E-state index contributed by atoms with van der Waals surface area (Å²) in [6, 6.07) is 0. The second-order valence-corrected chi connectivity index (χ2v) is 15.5. The molecule has 0 saturated heterocycles. The molecule has 0 aliphatic heterocycles. The standard InChI is InChI=1S/C44H88O4/c1-4-6-8-10-12-14-16-18-19-20-21-22-23-24-25-26-27-28-30-32-34-36-38-40-43(46)48-41(3)44(47)42(45)39-37-35-33-31-29-17-15-13-11-9-7-5-2/h41-42,44-45,47H,4-40H2,1-3H3/t41-,42+,44-/m0/s1. The van der Waals surface area contributed by atoms with E-state index in [1.807, 2.05) is 0 Å². The molecule has 2 N–H and O–H groups in total. The molecule has 0 bridgehead atoms. The van der Waals surface area contributed by atoms with Crippen LogP contribution in [0.25, 0.3) is 0 Å². The second-order valence-electron chi connectivity index (χ2n) is 15.5. The molecule has 0 rings (SSSR count). The normalized spacial score (nSPS) is 13.5. The van der Waals surface area contributed by atoms with Crippen LogP contribution in [0.2, 0.25) is 0 Å². The fourth-order valence-electron chi connectivity index (χ4n) is 7.07. The van der Waals surface area contributed by atoms with Crippen molar-refractivity contribution in [2.24, 2.45) is 0 Å². The first kappa shape index (κ1) is 47.4. The Bertz CT molecular complexity index is 623. The summed E-state index contributed by atoms with van der Waals surface area (Å²) >= 11 is 0. The lowest BCUT2D eigenvalue weighted by Gasteiger charge is -2.24. The molecule has 0 aliphatic rings. The zero-order chi connectivity index (χ0) is 35.2. The molecular weight excluding hydrogens is 592 g/mol. The van der Waals surface area contributed by atoms with Crippen LogP contribution in [-0.2, 0) is 9.53 Å². The molecule has 0 aromatic heterocycles. The third kappa shape index (κ3) is 35.2. The van der Waals surface area contributed by atoms with E-state index in [9.17, 15) is 15.0 Å². The van der Waals surface area contributed by atoms with Crippen LogP contribution >= 0.6 is 0 Å². The van der Waals surface area contributed by atoms with Crippen molar-refractivity contribution in [1.82, 2.24) is 0 Å². The van der Waals surface area contributed by atoms with Crippen LogP contribution < -0.4 is 0 Å². The van der Waals surface area contributed by atoms with Crippen molar-refractivity contribution < 1.29 is 19.7 Å². The number of aliphatic hydroxyl groups is 2. The van der Waals surface area contributed by atoms with Crippen molar-refractivity contribution in [2.75, 3.05) is 0 Å². The van der Waals surface area contributed by atoms with E-state index >= 15 is 0 Å². The summed E-state index contributed by atoms with van der Waals surface area (Å²) in [6.07, 6.45) is 45.1. The molecule has 4 heteroatoms. The Morgan fingerprint density at radius 2 is 0.667 bits per heavy atom. The SMILES string of the molecule is CCCCCCCCCCCCCCCCCCCCCCCCCC(=O)O[C@@H](C)[C@H](O)[C@H](O)CCCCCCCCCCCCCC. The maximum Gasteiger partial charge on any atom is 0.306 e. The average Bonchev–Trinajstić information content (AvgIpc) is 3.08. The number of esters is 1. The molecule has 0 spiro atoms. The van der Waals surface area contributed by atoms with Crippen molar-refractivity contribution in [3.8, 4) is 0 Å². The van der Waals surface area contributed by atoms with Gasteiger partial charge in [-0.1, -0.05) is 232 Å². The van der Waals surface area contributed by atoms with Crippen molar-refractivity contribution >= 4 is 5.97 Å². The predicted molar refractivity (Wildman–Crippen MR) is 210 cm³/mol. The highest BCUT2D eigenvalue weighted by molar-refractivity contribution is 5.69. The molecule has 0 saturated carbocycles. The van der Waals surface area contributed by atoms with Gasteiger partial charge in [0.15, 0.2) is 0 Å². The zero-order valence-corrected chi connectivity index (χ0v) is 33.1. The number of rotatable bonds is 40. The molecular formula is C44H88O4. The first-order valence-electron chi connectivity index (χ1n) is 22.1. The summed E-state index contributed by atoms with van der Waals surface area (Å²) in [5.41, 5.74) is 0. The minimum atomic E-state index is -1.00. The van der Waals surface area contributed by atoms with Gasteiger partial charge in [0, 0.05) is 6.42 Å². The fourth-order valence-corrected chi connectivity index (χ4v) is 7.07. The highest BCUT2D eigenvalue weighted by Gasteiger charge is 2.25. The first-order valence-corrected chi connectivity index (χ1v) is 22.1. The number of hydrogen-bond acceptors (Lipinski definition) is 4. The molecule has 0 heterocycles. The van der Waals surface area contributed by atoms with Crippen LogP contribution in [0.1, 0.15) is 258 Å². The molecule has 3 atom stereocenters. The van der Waals surface area contributed by atoms with Gasteiger partial charge in [-0.25, -0.2) is 0 Å². The van der Waals surface area contributed by atoms with E-state index in [-0.39, 0.29) is 5.97 Å². The van der Waals surface area contributed by atoms with Crippen molar-refractivity contribution in [3.63, 3.8) is 0 Å². The van der Waals surface area contributed by atoms with Crippen molar-refractivity contribution in [3.05, 3.63) is 0 Å². The van der Waals surface area contributed by atoms with E-state index in [0.29, 0.717) is 12.8 Å². The van der Waals surface area contributed by atoms with Gasteiger partial charge in [0.05, 0.1) is 6.10 Å². The minimum Gasteiger partial charge on any atom is -0.460 e. The van der Waals surface area contributed by atoms with Crippen LogP contribution in [0.4, 0.5) is 0 Å². The van der Waals surface area contributed by atoms with Gasteiger partial charge in [-0.2, -0.15) is 0 Å². The van der Waals surface area contributed by atoms with Crippen LogP contribution in [0.5, 0.6) is 0 Å². The maximum absolute atomic E-state index is 12.3. The highest BCUT2D eigenvalue weighted by Crippen LogP contribution is 2.18. The lowest BCUT2D eigenvalue weighted by Crippen LogP contribution is -2.38. The van der Waals surface area contributed by atoms with E-state index in [1.165, 1.54) is 199 Å². The van der Waals surface area contributed by atoms with Gasteiger partial charge < -0.3 is 14.9 Å². The average molecular weight is 681 g/mol. The topological polar surface area (TPSA) is 66.8 Å². The van der Waals surface area contributed by atoms with Crippen LogP contribution in [0.15, 0.2) is 0 Å². The van der Waals surface area contributed by atoms with Gasteiger partial charge in [0.1, 0.15) is 12.2 Å². The summed E-state index contributed by atoms with van der Waals surface area (Å²) in [7, 11) is 0. The smallest absolute Gasteiger partial charge is 0.306 e. The van der Waals surface area contributed by atoms with Gasteiger partial charge in [-0.3, -0.25) is 4.79 Å². The van der Waals surface area contributed by atoms with E-state index in [0.717, 1.165) is 25.7 Å². The molecule has 0 radical (unpaired) electrons. The van der Waals surface area contributed by atoms with Crippen molar-refractivity contribution in [2.45, 2.75) is 277 Å². The van der Waals surface area contributed by atoms with Crippen LogP contribution in [0.3, 0.4) is 0 Å². The van der Waals surface area contributed by atoms with Gasteiger partial charge in [0.2, 0.25) is 0 Å². The van der Waals surface area contributed by atoms with Crippen LogP contribution in [0, 0.1) is 0 Å². The van der Waals surface area contributed by atoms with Gasteiger partial charge >= 0.3 is 5.97 Å². The Morgan fingerprint density at radius 3 is 0.958 bits per heavy atom. The van der Waals surface area contributed by atoms with E-state index in [1.54, 1.807) is 6.92 Å². The third-order valence-corrected chi connectivity index (χ3v) is 10.5. The summed E-state index contributed by atoms with van der Waals surface area (Å²) in [5.74, 6) is -0.248. The lowest BCUT2D eigenvalue weighted by atomic mass is 10.0. The summed E-state index contributed by atoms with van der Waals surface area (Å²) in [5, 5.41) is 20.8. The van der Waals surface area contributed by atoms with Gasteiger partial charge in [-0.15, -0.1) is 0 Å². The zero-order valence-electron chi connectivity index (χ0n) is 33.1. The molecule has 0 unspecified atom stereocenters. The van der Waals surface area contributed by atoms with Gasteiger partial charge in [-0.05, 0) is 19.8 Å². The van der Waals surface area contributed by atoms with E-state index < -0.39 is 18.3 Å². The highest BCUT2D eigenvalue weighted by atomic mass is 16.6. The minimum absolute atomic E-state index is 0.248. The Balaban J connectivity index is 3.43. The Kier molecular flexibility index (Phi) is 38.7. The number of carbonyl (C=O) groups excluding carboxylic acids is 1. The molecule has 4 nitrogen and oxygen atoms in total. The number of carbonyl (C=O) groups is 1. The second kappa shape index (κ2) is 39.2. The van der Waals surface area contributed by atoms with E-state index in [4.69, 9.17) is 4.74 Å². The number of aliphatic hydroxyl groups excluding tert-OH is 2. The van der Waals surface area contributed by atoms with Crippen LogP contribution in [-0.4, -0.2) is 34.5 Å². The number of unbranched alkanes of at least 4 members (excludes halogenated alkanes) is 33. The van der Waals surface area contributed by atoms with Gasteiger partial charge in [0.25, 0.3) is 0 Å². The van der Waals surface area contributed by atoms with Crippen molar-refractivity contribution in [1.29, 1.82) is 0 Å². The quantitative estimate of drug-likeness (QED) is 0.0499.